The van der Waals surface area contributed by atoms with Crippen LogP contribution in [0.4, 0.5) is 17.1 Å². The molecule has 0 radical (unpaired) electrons. The lowest BCUT2D eigenvalue weighted by molar-refractivity contribution is 0.435. The van der Waals surface area contributed by atoms with Crippen LogP contribution in [0.5, 0.6) is 11.5 Å². The van der Waals surface area contributed by atoms with Gasteiger partial charge >= 0.3 is 0 Å². The van der Waals surface area contributed by atoms with E-state index < -0.39 is 126 Å². The summed E-state index contributed by atoms with van der Waals surface area (Å²) < 4.78 is 202. The summed E-state index contributed by atoms with van der Waals surface area (Å²) in [5, 5.41) is -0.417. The highest BCUT2D eigenvalue weighted by atomic mass is 16.5. The van der Waals surface area contributed by atoms with Crippen LogP contribution in [0.1, 0.15) is 76.0 Å². The predicted octanol–water partition coefficient (Wildman–Crippen LogP) is 20.9. The van der Waals surface area contributed by atoms with Gasteiger partial charge in [-0.05, 0) is 145 Å². The molecule has 4 nitrogen and oxygen atoms in total. The van der Waals surface area contributed by atoms with Crippen molar-refractivity contribution in [3.05, 3.63) is 349 Å². The molecule has 14 aromatic carbocycles. The van der Waals surface area contributed by atoms with Gasteiger partial charge in [-0.25, -0.2) is 0 Å². The van der Waals surface area contributed by atoms with E-state index >= 15 is 0 Å². The molecule has 0 bridgehead atoms. The summed E-state index contributed by atoms with van der Waals surface area (Å²) in [7, 11) is 0. The number of rotatable bonds is 7. The number of fused-ring (bicyclic) bond motifs is 16. The maximum atomic E-state index is 10.5. The van der Waals surface area contributed by atoms with E-state index in [2.05, 4.69) is 37.8 Å². The summed E-state index contributed by atoms with van der Waals surface area (Å²) in [4.78, 5) is 2.13. The zero-order chi connectivity index (χ0) is 79.8. The number of benzene rings is 14. The van der Waals surface area contributed by atoms with Gasteiger partial charge in [0, 0.05) is 66.5 Å². The van der Waals surface area contributed by atoms with E-state index in [4.69, 9.17) is 11.6 Å². The minimum atomic E-state index is -1.65. The monoisotopic (exact) mass is 1220 g/mol. The highest BCUT2D eigenvalue weighted by Gasteiger charge is 2.55. The van der Waals surface area contributed by atoms with Crippen LogP contribution in [-0.2, 0) is 10.8 Å². The van der Waals surface area contributed by atoms with Crippen molar-refractivity contribution in [3.8, 4) is 67.4 Å². The molecule has 0 aliphatic carbocycles. The summed E-state index contributed by atoms with van der Waals surface area (Å²) >= 11 is 0. The number of anilines is 3. The van der Waals surface area contributed by atoms with E-state index in [1.807, 2.05) is 146 Å². The molecular weight excluding hydrogens is 1140 g/mol. The summed E-state index contributed by atoms with van der Waals surface area (Å²) in [5.74, 6) is 0.822. The van der Waals surface area contributed by atoms with Crippen LogP contribution >= 0.6 is 0 Å². The van der Waals surface area contributed by atoms with Crippen molar-refractivity contribution in [2.24, 2.45) is 0 Å². The Morgan fingerprint density at radius 2 is 0.883 bits per heavy atom. The summed E-state index contributed by atoms with van der Waals surface area (Å²) in [6.45, 7) is 5.45. The summed E-state index contributed by atoms with van der Waals surface area (Å²) in [6, 6.07) is 52.2. The zero-order valence-electron chi connectivity index (χ0n) is 70.9. The number of nitrogens with zero attached hydrogens (tertiary/aromatic N) is 3. The van der Waals surface area contributed by atoms with Gasteiger partial charge in [0.2, 0.25) is 6.71 Å². The van der Waals surface area contributed by atoms with E-state index in [9.17, 15) is 20.6 Å². The smallest absolute Gasteiger partial charge is 0.247 e. The molecule has 0 N–H and O–H groups in total. The minimum absolute atomic E-state index is 0.0318. The topological polar surface area (TPSA) is 22.3 Å². The molecule has 0 fully saturated rings. The molecule has 442 valence electrons. The molecule has 19 rings (SSSR count). The maximum Gasteiger partial charge on any atom is 0.247 e. The van der Waals surface area contributed by atoms with Gasteiger partial charge < -0.3 is 18.8 Å². The minimum Gasteiger partial charge on any atom is -0.457 e. The number of aromatic nitrogens is 2. The summed E-state index contributed by atoms with van der Waals surface area (Å²) in [6.07, 6.45) is 0. The molecule has 0 amide bonds. The van der Waals surface area contributed by atoms with Gasteiger partial charge in [-0.15, -0.1) is 0 Å². The Bertz CT molecular complexity index is 6810. The van der Waals surface area contributed by atoms with Crippen molar-refractivity contribution < 1.29 is 32.2 Å². The average Bonchev–Trinajstić information content (AvgIpc) is 0.742. The van der Waals surface area contributed by atoms with Gasteiger partial charge in [0.1, 0.15) is 11.5 Å². The van der Waals surface area contributed by atoms with Gasteiger partial charge in [0.05, 0.1) is 60.6 Å². The van der Waals surface area contributed by atoms with Crippen LogP contribution in [0.15, 0.2) is 321 Å². The Balaban J connectivity index is 1.09. The van der Waals surface area contributed by atoms with E-state index in [1.165, 1.54) is 4.57 Å². The largest absolute Gasteiger partial charge is 0.457 e. The van der Waals surface area contributed by atoms with Crippen molar-refractivity contribution in [1.29, 1.82) is 0 Å². The molecule has 0 saturated carbocycles. The molecule has 0 saturated heterocycles. The Morgan fingerprint density at radius 3 is 1.49 bits per heavy atom. The lowest BCUT2D eigenvalue weighted by atomic mass is 9.29. The van der Waals surface area contributed by atoms with Crippen molar-refractivity contribution in [2.45, 2.75) is 31.6 Å². The quantitative estimate of drug-likeness (QED) is 0.148. The fraction of sp³-hybridized carbons (Fsp3) is 0.0562. The van der Waals surface area contributed by atoms with E-state index in [1.54, 1.807) is 47.0 Å². The van der Waals surface area contributed by atoms with Crippen LogP contribution in [0.25, 0.3) is 99.5 Å². The molecule has 5 heteroatoms. The predicted molar refractivity (Wildman–Crippen MR) is 393 cm³/mol. The maximum absolute atomic E-state index is 10.5. The molecule has 94 heavy (non-hydrogen) atoms. The van der Waals surface area contributed by atoms with Gasteiger partial charge in [0.15, 0.2) is 0 Å². The molecule has 1 spiro atoms. The molecule has 0 unspecified atom stereocenters. The third-order valence-electron chi connectivity index (χ3n) is 19.1. The highest BCUT2D eigenvalue weighted by molar-refractivity contribution is 6.99. The average molecular weight is 1220 g/mol. The molecule has 16 aromatic rings. The van der Waals surface area contributed by atoms with Crippen molar-refractivity contribution in [2.75, 3.05) is 4.90 Å². The van der Waals surface area contributed by atoms with Gasteiger partial charge in [-0.1, -0.05) is 269 Å². The Labute approximate surface area is 575 Å². The third-order valence-corrected chi connectivity index (χ3v) is 19.1. The molecule has 3 aliphatic heterocycles. The molecule has 3 aliphatic rings. The Hall–Kier alpha value is -11.7. The molecular formula is C89H62BN3O. The van der Waals surface area contributed by atoms with Crippen LogP contribution < -0.4 is 26.0 Å². The van der Waals surface area contributed by atoms with Gasteiger partial charge in [0.25, 0.3) is 0 Å². The molecule has 2 aromatic heterocycles. The summed E-state index contributed by atoms with van der Waals surface area (Å²) in [5.41, 5.74) is 7.74. The lowest BCUT2D eigenvalue weighted by Gasteiger charge is -2.50. The first-order valence-electron chi connectivity index (χ1n) is 41.2. The van der Waals surface area contributed by atoms with Crippen LogP contribution in [0.2, 0.25) is 0 Å². The first kappa shape index (κ1) is 37.6. The van der Waals surface area contributed by atoms with Crippen molar-refractivity contribution >= 4 is 83.8 Å². The van der Waals surface area contributed by atoms with E-state index in [-0.39, 0.29) is 83.8 Å². The first-order valence-corrected chi connectivity index (χ1v) is 31.2. The Morgan fingerprint density at radius 1 is 0.372 bits per heavy atom. The van der Waals surface area contributed by atoms with Crippen LogP contribution in [0.3, 0.4) is 0 Å². The number of hydrogen-bond donors (Lipinski definition) is 0. The highest BCUT2D eigenvalue weighted by Crippen LogP contribution is 2.59. The van der Waals surface area contributed by atoms with E-state index in [0.717, 1.165) is 16.7 Å². The van der Waals surface area contributed by atoms with Crippen molar-refractivity contribution in [1.82, 2.24) is 9.13 Å². The second kappa shape index (κ2) is 20.7. The number of ether oxygens (including phenoxy) is 1. The molecule has 0 atom stereocenters. The number of para-hydroxylation sites is 5. The number of hydrogen-bond acceptors (Lipinski definition) is 2. The first-order chi connectivity index (χ1) is 54.6. The zero-order valence-corrected chi connectivity index (χ0v) is 50.9. The second-order valence-electron chi connectivity index (χ2n) is 25.2. The Kier molecular flexibility index (Phi) is 8.28. The normalized spacial score (nSPS) is 16.4. The van der Waals surface area contributed by atoms with Gasteiger partial charge in [-0.3, -0.25) is 0 Å². The standard InChI is InChI=1S/C89H62BN3O/c1-88(2,3)63-52-69(59-30-12-6-13-31-59)87(70(53-63)60-32-14-7-15-33-60)93-82-55-64(91-78-39-21-16-34-66(78)67-35-17-22-40-79(67)91)46-48-77(82)90-76-47-44-62(58-28-10-5-11-29-58)51-74(76)89(72-37-19-24-42-84(72)94-85-43-25-20-38-73(85)89)75-54-65(56-83(93)86(75)90)92-80-41-23-18-36-68(80)71-50-61(45-49-81(71)92)57-26-8-4-9-27-57/h4-56H,1-3H3/i5D,10D,11D,16D,17D,18D,21D,22D,23D,28D,29D,34D,35D,36D,39D,40D,41D,45D,49D,50D. The fourth-order valence-electron chi connectivity index (χ4n) is 15.1. The molecule has 5 heterocycles. The lowest BCUT2D eigenvalue weighted by Crippen LogP contribution is -2.65. The fourth-order valence-corrected chi connectivity index (χ4v) is 15.1. The van der Waals surface area contributed by atoms with Crippen LogP contribution in [0, 0.1) is 0 Å². The SMILES string of the molecule is [2H]c1c([2H])c([2H])c(-c2ccc3c(c2)C2(c4ccccc4Oc4ccccc42)c2cc(-n4c5c([2H])c([2H])c([2H])c([2H])c5c5c([2H])c(-c6ccccc6)c([2H])c([2H])c54)cc4c2B3c2ccc(-n3c5c([2H])c([2H])c([2H])c([2H])c5c5c([2H])c([2H])c([2H])c([2H])c53)cc2N4c2c(-c3ccccc3)cc(C(C)(C)C)cc2-c2ccccc2)c([2H])c1[2H]. The second-order valence-corrected chi connectivity index (χ2v) is 25.2. The van der Waals surface area contributed by atoms with E-state index in [0.29, 0.717) is 83.9 Å². The van der Waals surface area contributed by atoms with Crippen molar-refractivity contribution in [3.63, 3.8) is 0 Å². The third kappa shape index (κ3) is 7.94. The van der Waals surface area contributed by atoms with Crippen LogP contribution in [-0.4, -0.2) is 15.8 Å². The van der Waals surface area contributed by atoms with Gasteiger partial charge in [-0.2, -0.15) is 0 Å².